The summed E-state index contributed by atoms with van der Waals surface area (Å²) in [5.41, 5.74) is 0. The van der Waals surface area contributed by atoms with Crippen molar-refractivity contribution in [1.82, 2.24) is 20.0 Å². The van der Waals surface area contributed by atoms with Crippen LogP contribution < -0.4 is 5.32 Å². The first kappa shape index (κ1) is 13.8. The summed E-state index contributed by atoms with van der Waals surface area (Å²) in [5.74, 6) is 0.966. The second kappa shape index (κ2) is 6.53. The molecule has 0 aliphatic carbocycles. The van der Waals surface area contributed by atoms with Gasteiger partial charge in [-0.15, -0.1) is 0 Å². The number of piperazine rings is 1. The SMILES string of the molecule is CN1CCN(CCCNC2CN3CCC2CC3)CC1. The standard InChI is InChI=1S/C15H30N4/c1-17-9-11-18(12-10-17)6-2-5-16-15-13-19-7-3-14(15)4-8-19/h14-16H,2-13H2,1H3. The lowest BCUT2D eigenvalue weighted by molar-refractivity contribution is 0.0719. The van der Waals surface area contributed by atoms with Gasteiger partial charge in [0.15, 0.2) is 0 Å². The molecule has 4 heteroatoms. The second-order valence-corrected chi connectivity index (χ2v) is 6.70. The first-order chi connectivity index (χ1) is 9.31. The van der Waals surface area contributed by atoms with Crippen molar-refractivity contribution in [3.63, 3.8) is 0 Å². The van der Waals surface area contributed by atoms with E-state index >= 15 is 0 Å². The van der Waals surface area contributed by atoms with Crippen molar-refractivity contribution in [2.75, 3.05) is 66.0 Å². The lowest BCUT2D eigenvalue weighted by Gasteiger charge is -2.45. The fourth-order valence-electron chi connectivity index (χ4n) is 3.86. The van der Waals surface area contributed by atoms with E-state index in [0.717, 1.165) is 12.0 Å². The highest BCUT2D eigenvalue weighted by molar-refractivity contribution is 4.90. The lowest BCUT2D eigenvalue weighted by Crippen LogP contribution is -2.56. The van der Waals surface area contributed by atoms with Gasteiger partial charge in [0.1, 0.15) is 0 Å². The van der Waals surface area contributed by atoms with Gasteiger partial charge in [-0.05, 0) is 58.4 Å². The molecule has 1 N–H and O–H groups in total. The highest BCUT2D eigenvalue weighted by atomic mass is 15.2. The van der Waals surface area contributed by atoms with Crippen LogP contribution in [-0.2, 0) is 0 Å². The molecule has 19 heavy (non-hydrogen) atoms. The zero-order valence-corrected chi connectivity index (χ0v) is 12.5. The summed E-state index contributed by atoms with van der Waals surface area (Å²) in [6, 6.07) is 0.787. The molecule has 110 valence electrons. The molecule has 0 amide bonds. The smallest absolute Gasteiger partial charge is 0.0224 e. The maximum absolute atomic E-state index is 3.82. The molecule has 0 radical (unpaired) electrons. The van der Waals surface area contributed by atoms with E-state index in [-0.39, 0.29) is 0 Å². The summed E-state index contributed by atoms with van der Waals surface area (Å²) < 4.78 is 0. The minimum atomic E-state index is 0.787. The molecule has 1 unspecified atom stereocenters. The number of piperidine rings is 3. The number of rotatable bonds is 5. The zero-order chi connectivity index (χ0) is 13.1. The summed E-state index contributed by atoms with van der Waals surface area (Å²) in [7, 11) is 2.23. The van der Waals surface area contributed by atoms with E-state index in [1.807, 2.05) is 0 Å². The average Bonchev–Trinajstić information content (AvgIpc) is 2.47. The molecule has 4 heterocycles. The Morgan fingerprint density at radius 1 is 1.00 bits per heavy atom. The number of hydrogen-bond donors (Lipinski definition) is 1. The molecular weight excluding hydrogens is 236 g/mol. The van der Waals surface area contributed by atoms with Gasteiger partial charge in [-0.3, -0.25) is 0 Å². The van der Waals surface area contributed by atoms with Crippen LogP contribution in [0.3, 0.4) is 0 Å². The van der Waals surface area contributed by atoms with Gasteiger partial charge in [-0.2, -0.15) is 0 Å². The topological polar surface area (TPSA) is 21.8 Å². The fourth-order valence-corrected chi connectivity index (χ4v) is 3.86. The number of nitrogens with zero attached hydrogens (tertiary/aromatic N) is 3. The van der Waals surface area contributed by atoms with Crippen molar-refractivity contribution < 1.29 is 0 Å². The van der Waals surface area contributed by atoms with Crippen LogP contribution in [0.15, 0.2) is 0 Å². The molecule has 4 saturated heterocycles. The molecular formula is C15H30N4. The number of fused-ring (bicyclic) bond motifs is 3. The average molecular weight is 266 g/mol. The Morgan fingerprint density at radius 3 is 2.37 bits per heavy atom. The molecule has 4 fully saturated rings. The monoisotopic (exact) mass is 266 g/mol. The van der Waals surface area contributed by atoms with Crippen LogP contribution in [-0.4, -0.2) is 86.7 Å². The Balaban J connectivity index is 1.29. The Labute approximate surface area is 118 Å². The number of likely N-dealkylation sites (N-methyl/N-ethyl adjacent to an activating group) is 1. The van der Waals surface area contributed by atoms with Crippen LogP contribution in [0.5, 0.6) is 0 Å². The summed E-state index contributed by atoms with van der Waals surface area (Å²) >= 11 is 0. The van der Waals surface area contributed by atoms with Crippen LogP contribution in [0.4, 0.5) is 0 Å². The van der Waals surface area contributed by atoms with E-state index in [1.54, 1.807) is 0 Å². The van der Waals surface area contributed by atoms with E-state index in [1.165, 1.54) is 78.2 Å². The predicted octanol–water partition coefficient (Wildman–Crippen LogP) is 0.308. The molecule has 0 spiro atoms. The second-order valence-electron chi connectivity index (χ2n) is 6.70. The Kier molecular flexibility index (Phi) is 4.74. The van der Waals surface area contributed by atoms with Crippen LogP contribution in [0.1, 0.15) is 19.3 Å². The molecule has 4 aliphatic heterocycles. The first-order valence-electron chi connectivity index (χ1n) is 8.18. The predicted molar refractivity (Wildman–Crippen MR) is 79.5 cm³/mol. The number of hydrogen-bond acceptors (Lipinski definition) is 4. The van der Waals surface area contributed by atoms with Crippen molar-refractivity contribution in [1.29, 1.82) is 0 Å². The third kappa shape index (κ3) is 3.69. The van der Waals surface area contributed by atoms with Crippen LogP contribution in [0.25, 0.3) is 0 Å². The highest BCUT2D eigenvalue weighted by Crippen LogP contribution is 2.27. The van der Waals surface area contributed by atoms with E-state index in [4.69, 9.17) is 0 Å². The van der Waals surface area contributed by atoms with Crippen molar-refractivity contribution in [2.24, 2.45) is 5.92 Å². The van der Waals surface area contributed by atoms with Gasteiger partial charge < -0.3 is 20.0 Å². The summed E-state index contributed by atoms with van der Waals surface area (Å²) in [5, 5.41) is 3.82. The summed E-state index contributed by atoms with van der Waals surface area (Å²) in [6.45, 7) is 11.5. The Hall–Kier alpha value is -0.160. The quantitative estimate of drug-likeness (QED) is 0.723. The molecule has 4 rings (SSSR count). The van der Waals surface area contributed by atoms with Crippen LogP contribution >= 0.6 is 0 Å². The Bertz CT molecular complexity index is 267. The molecule has 0 aromatic carbocycles. The van der Waals surface area contributed by atoms with E-state index in [9.17, 15) is 0 Å². The van der Waals surface area contributed by atoms with Gasteiger partial charge in [-0.25, -0.2) is 0 Å². The molecule has 0 aromatic rings. The number of nitrogens with one attached hydrogen (secondary N) is 1. The van der Waals surface area contributed by atoms with Gasteiger partial charge in [0.05, 0.1) is 0 Å². The minimum absolute atomic E-state index is 0.787. The molecule has 4 aliphatic rings. The van der Waals surface area contributed by atoms with Gasteiger partial charge in [0, 0.05) is 38.8 Å². The van der Waals surface area contributed by atoms with Crippen molar-refractivity contribution in [3.05, 3.63) is 0 Å². The Morgan fingerprint density at radius 2 is 1.74 bits per heavy atom. The third-order valence-electron chi connectivity index (χ3n) is 5.31. The van der Waals surface area contributed by atoms with Crippen molar-refractivity contribution >= 4 is 0 Å². The van der Waals surface area contributed by atoms with E-state index in [2.05, 4.69) is 27.1 Å². The lowest BCUT2D eigenvalue weighted by atomic mass is 9.84. The minimum Gasteiger partial charge on any atom is -0.312 e. The first-order valence-corrected chi connectivity index (χ1v) is 8.18. The zero-order valence-electron chi connectivity index (χ0n) is 12.5. The summed E-state index contributed by atoms with van der Waals surface area (Å²) in [4.78, 5) is 7.69. The summed E-state index contributed by atoms with van der Waals surface area (Å²) in [6.07, 6.45) is 4.17. The van der Waals surface area contributed by atoms with Gasteiger partial charge in [-0.1, -0.05) is 0 Å². The van der Waals surface area contributed by atoms with Crippen molar-refractivity contribution in [2.45, 2.75) is 25.3 Å². The molecule has 4 nitrogen and oxygen atoms in total. The molecule has 2 bridgehead atoms. The van der Waals surface area contributed by atoms with E-state index < -0.39 is 0 Å². The normalized spacial score (nSPS) is 36.8. The van der Waals surface area contributed by atoms with Crippen LogP contribution in [0.2, 0.25) is 0 Å². The van der Waals surface area contributed by atoms with Gasteiger partial charge >= 0.3 is 0 Å². The maximum atomic E-state index is 3.82. The van der Waals surface area contributed by atoms with Gasteiger partial charge in [0.2, 0.25) is 0 Å². The highest BCUT2D eigenvalue weighted by Gasteiger charge is 2.33. The van der Waals surface area contributed by atoms with Crippen LogP contribution in [0, 0.1) is 5.92 Å². The van der Waals surface area contributed by atoms with Crippen molar-refractivity contribution in [3.8, 4) is 0 Å². The van der Waals surface area contributed by atoms with Gasteiger partial charge in [0.25, 0.3) is 0 Å². The molecule has 0 aromatic heterocycles. The molecule has 0 saturated carbocycles. The van der Waals surface area contributed by atoms with E-state index in [0.29, 0.717) is 0 Å². The third-order valence-corrected chi connectivity index (χ3v) is 5.31. The maximum Gasteiger partial charge on any atom is 0.0224 e. The largest absolute Gasteiger partial charge is 0.312 e. The fraction of sp³-hybridized carbons (Fsp3) is 1.00. The molecule has 1 atom stereocenters.